The Kier molecular flexibility index (Phi) is 3.68. The number of hydrogen-bond acceptors (Lipinski definition) is 3. The Labute approximate surface area is 88.7 Å². The van der Waals surface area contributed by atoms with Crippen LogP contribution < -0.4 is 0 Å². The lowest BCUT2D eigenvalue weighted by molar-refractivity contribution is -0.153. The third-order valence-corrected chi connectivity index (χ3v) is 2.72. The first kappa shape index (κ1) is 12.0. The number of hydrogen-bond donors (Lipinski definition) is 2. The van der Waals surface area contributed by atoms with Gasteiger partial charge in [-0.15, -0.1) is 0 Å². The molecule has 0 radical (unpaired) electrons. The molecule has 1 saturated carbocycles. The van der Waals surface area contributed by atoms with E-state index in [-0.39, 0.29) is 19.1 Å². The van der Waals surface area contributed by atoms with Crippen molar-refractivity contribution in [3.8, 4) is 0 Å². The quantitative estimate of drug-likeness (QED) is 0.615. The molecule has 0 saturated heterocycles. The molecule has 15 heavy (non-hydrogen) atoms. The maximum atomic E-state index is 11.9. The second-order valence-electron chi connectivity index (χ2n) is 3.90. The SMILES string of the molecule is CCCN(CCO)C(=O)C1(C(=O)O)CC1. The zero-order chi connectivity index (χ0) is 11.5. The molecule has 1 rings (SSSR count). The molecule has 5 nitrogen and oxygen atoms in total. The fourth-order valence-corrected chi connectivity index (χ4v) is 1.65. The summed E-state index contributed by atoms with van der Waals surface area (Å²) < 4.78 is 0. The first-order valence-corrected chi connectivity index (χ1v) is 5.22. The van der Waals surface area contributed by atoms with Gasteiger partial charge in [-0.05, 0) is 19.3 Å². The van der Waals surface area contributed by atoms with Gasteiger partial charge in [0.1, 0.15) is 5.41 Å². The summed E-state index contributed by atoms with van der Waals surface area (Å²) in [4.78, 5) is 24.3. The van der Waals surface area contributed by atoms with Crippen molar-refractivity contribution >= 4 is 11.9 Å². The molecule has 0 aromatic heterocycles. The lowest BCUT2D eigenvalue weighted by Crippen LogP contribution is -2.42. The largest absolute Gasteiger partial charge is 0.480 e. The zero-order valence-corrected chi connectivity index (χ0v) is 8.90. The van der Waals surface area contributed by atoms with Crippen molar-refractivity contribution in [2.45, 2.75) is 26.2 Å². The van der Waals surface area contributed by atoms with Crippen LogP contribution in [-0.4, -0.2) is 46.7 Å². The summed E-state index contributed by atoms with van der Waals surface area (Å²) in [6.45, 7) is 2.52. The summed E-state index contributed by atoms with van der Waals surface area (Å²) in [6, 6.07) is 0. The number of amides is 1. The average molecular weight is 215 g/mol. The fourth-order valence-electron chi connectivity index (χ4n) is 1.65. The van der Waals surface area contributed by atoms with E-state index in [2.05, 4.69) is 0 Å². The number of carboxylic acids is 1. The molecule has 0 heterocycles. The summed E-state index contributed by atoms with van der Waals surface area (Å²) in [5.74, 6) is -1.38. The Morgan fingerprint density at radius 1 is 1.33 bits per heavy atom. The Morgan fingerprint density at radius 3 is 2.27 bits per heavy atom. The summed E-state index contributed by atoms with van der Waals surface area (Å²) in [5, 5.41) is 17.7. The second-order valence-corrected chi connectivity index (χ2v) is 3.90. The van der Waals surface area contributed by atoms with E-state index in [1.165, 1.54) is 4.90 Å². The molecule has 0 aliphatic heterocycles. The van der Waals surface area contributed by atoms with E-state index in [9.17, 15) is 9.59 Å². The molecule has 0 aromatic carbocycles. The van der Waals surface area contributed by atoms with E-state index in [0.717, 1.165) is 6.42 Å². The third kappa shape index (κ3) is 2.28. The maximum Gasteiger partial charge on any atom is 0.319 e. The Morgan fingerprint density at radius 2 is 1.93 bits per heavy atom. The predicted octanol–water partition coefficient (Wildman–Crippen LogP) is 0.0821. The van der Waals surface area contributed by atoms with Crippen molar-refractivity contribution in [3.05, 3.63) is 0 Å². The average Bonchev–Trinajstić information content (AvgIpc) is 2.97. The minimum Gasteiger partial charge on any atom is -0.480 e. The Bertz CT molecular complexity index is 254. The highest BCUT2D eigenvalue weighted by Gasteiger charge is 2.58. The van der Waals surface area contributed by atoms with Crippen molar-refractivity contribution in [3.63, 3.8) is 0 Å². The van der Waals surface area contributed by atoms with Crippen LogP contribution in [0.2, 0.25) is 0 Å². The highest BCUT2D eigenvalue weighted by molar-refractivity contribution is 6.04. The van der Waals surface area contributed by atoms with Crippen LogP contribution in [0.25, 0.3) is 0 Å². The van der Waals surface area contributed by atoms with Crippen molar-refractivity contribution in [1.29, 1.82) is 0 Å². The van der Waals surface area contributed by atoms with E-state index in [1.807, 2.05) is 6.92 Å². The zero-order valence-electron chi connectivity index (χ0n) is 8.90. The van der Waals surface area contributed by atoms with Gasteiger partial charge in [0.15, 0.2) is 0 Å². The predicted molar refractivity (Wildman–Crippen MR) is 53.3 cm³/mol. The van der Waals surface area contributed by atoms with Gasteiger partial charge in [0.25, 0.3) is 0 Å². The van der Waals surface area contributed by atoms with Gasteiger partial charge in [0.2, 0.25) is 5.91 Å². The van der Waals surface area contributed by atoms with E-state index in [1.54, 1.807) is 0 Å². The van der Waals surface area contributed by atoms with Gasteiger partial charge in [-0.1, -0.05) is 6.92 Å². The van der Waals surface area contributed by atoms with Crippen LogP contribution in [0, 0.1) is 5.41 Å². The Hall–Kier alpha value is -1.10. The molecule has 2 N–H and O–H groups in total. The second kappa shape index (κ2) is 4.61. The highest BCUT2D eigenvalue weighted by atomic mass is 16.4. The number of carbonyl (C=O) groups excluding carboxylic acids is 1. The molecular weight excluding hydrogens is 198 g/mol. The van der Waals surface area contributed by atoms with Crippen LogP contribution in [0.3, 0.4) is 0 Å². The number of aliphatic hydroxyl groups is 1. The Balaban J connectivity index is 2.67. The lowest BCUT2D eigenvalue weighted by atomic mass is 10.1. The standard InChI is InChI=1S/C10H17NO4/c1-2-5-11(6-7-12)8(13)10(3-4-10)9(14)15/h12H,2-7H2,1H3,(H,14,15). The molecular formula is C10H17NO4. The van der Waals surface area contributed by atoms with Gasteiger partial charge in [0, 0.05) is 13.1 Å². The summed E-state index contributed by atoms with van der Waals surface area (Å²) in [6.07, 6.45) is 1.61. The maximum absolute atomic E-state index is 11.9. The van der Waals surface area contributed by atoms with Crippen LogP contribution in [0.4, 0.5) is 0 Å². The first-order valence-electron chi connectivity index (χ1n) is 5.22. The van der Waals surface area contributed by atoms with Gasteiger partial charge >= 0.3 is 5.97 Å². The van der Waals surface area contributed by atoms with Crippen LogP contribution in [-0.2, 0) is 9.59 Å². The van der Waals surface area contributed by atoms with Gasteiger partial charge in [0.05, 0.1) is 6.61 Å². The van der Waals surface area contributed by atoms with Crippen molar-refractivity contribution in [1.82, 2.24) is 4.90 Å². The number of aliphatic hydroxyl groups excluding tert-OH is 1. The van der Waals surface area contributed by atoms with Crippen LogP contribution >= 0.6 is 0 Å². The van der Waals surface area contributed by atoms with E-state index in [0.29, 0.717) is 19.4 Å². The normalized spacial score (nSPS) is 17.2. The fraction of sp³-hybridized carbons (Fsp3) is 0.800. The van der Waals surface area contributed by atoms with Crippen molar-refractivity contribution < 1.29 is 19.8 Å². The number of carbonyl (C=O) groups is 2. The van der Waals surface area contributed by atoms with Crippen molar-refractivity contribution in [2.75, 3.05) is 19.7 Å². The van der Waals surface area contributed by atoms with Gasteiger partial charge < -0.3 is 15.1 Å². The molecule has 0 atom stereocenters. The number of rotatable bonds is 6. The minimum atomic E-state index is -1.18. The van der Waals surface area contributed by atoms with Gasteiger partial charge in [-0.25, -0.2) is 0 Å². The summed E-state index contributed by atoms with van der Waals surface area (Å²) >= 11 is 0. The molecule has 0 spiro atoms. The van der Waals surface area contributed by atoms with Gasteiger partial charge in [-0.2, -0.15) is 0 Å². The molecule has 86 valence electrons. The van der Waals surface area contributed by atoms with Crippen LogP contribution in [0.15, 0.2) is 0 Å². The van der Waals surface area contributed by atoms with Gasteiger partial charge in [-0.3, -0.25) is 9.59 Å². The summed E-state index contributed by atoms with van der Waals surface area (Å²) in [5.41, 5.74) is -1.18. The van der Waals surface area contributed by atoms with E-state index in [4.69, 9.17) is 10.2 Å². The smallest absolute Gasteiger partial charge is 0.319 e. The number of carboxylic acid groups (broad SMARTS) is 1. The van der Waals surface area contributed by atoms with E-state index < -0.39 is 11.4 Å². The topological polar surface area (TPSA) is 77.8 Å². The molecule has 5 heteroatoms. The van der Waals surface area contributed by atoms with Crippen molar-refractivity contribution in [2.24, 2.45) is 5.41 Å². The monoisotopic (exact) mass is 215 g/mol. The third-order valence-electron chi connectivity index (χ3n) is 2.72. The number of nitrogens with zero attached hydrogens (tertiary/aromatic N) is 1. The molecule has 0 bridgehead atoms. The molecule has 1 aliphatic carbocycles. The number of aliphatic carboxylic acids is 1. The van der Waals surface area contributed by atoms with Crippen LogP contribution in [0.5, 0.6) is 0 Å². The minimum absolute atomic E-state index is 0.124. The highest BCUT2D eigenvalue weighted by Crippen LogP contribution is 2.47. The lowest BCUT2D eigenvalue weighted by Gasteiger charge is -2.24. The molecule has 1 aliphatic rings. The molecule has 0 unspecified atom stereocenters. The first-order chi connectivity index (χ1) is 7.08. The molecule has 0 aromatic rings. The summed E-state index contributed by atoms with van der Waals surface area (Å²) in [7, 11) is 0. The molecule has 1 fully saturated rings. The van der Waals surface area contributed by atoms with Crippen LogP contribution in [0.1, 0.15) is 26.2 Å². The van der Waals surface area contributed by atoms with E-state index >= 15 is 0 Å². The molecule has 1 amide bonds.